The van der Waals surface area contributed by atoms with Crippen LogP contribution in [0.5, 0.6) is 11.5 Å². The van der Waals surface area contributed by atoms with Crippen molar-refractivity contribution < 1.29 is 14.2 Å². The maximum absolute atomic E-state index is 5.56. The highest BCUT2D eigenvalue weighted by Crippen LogP contribution is 2.27. The lowest BCUT2D eigenvalue weighted by molar-refractivity contribution is 0.245. The molecule has 0 bridgehead atoms. The lowest BCUT2D eigenvalue weighted by atomic mass is 10.3. The fourth-order valence-electron chi connectivity index (χ4n) is 1.19. The maximum Gasteiger partial charge on any atom is 0.161 e. The van der Waals surface area contributed by atoms with Gasteiger partial charge in [-0.2, -0.15) is 0 Å². The SMILES string of the molecule is CCOc1ccccc1OCC1CO1. The van der Waals surface area contributed by atoms with Crippen LogP contribution in [0.15, 0.2) is 24.3 Å². The first-order valence-corrected chi connectivity index (χ1v) is 4.86. The van der Waals surface area contributed by atoms with Crippen molar-refractivity contribution in [2.24, 2.45) is 0 Å². The van der Waals surface area contributed by atoms with Crippen LogP contribution in [0.1, 0.15) is 6.92 Å². The van der Waals surface area contributed by atoms with Crippen LogP contribution in [0.4, 0.5) is 0 Å². The highest BCUT2D eigenvalue weighted by molar-refractivity contribution is 5.39. The number of ether oxygens (including phenoxy) is 3. The minimum Gasteiger partial charge on any atom is -0.490 e. The molecule has 1 fully saturated rings. The first-order chi connectivity index (χ1) is 6.90. The quantitative estimate of drug-likeness (QED) is 0.670. The summed E-state index contributed by atoms with van der Waals surface area (Å²) in [5.74, 6) is 1.60. The Morgan fingerprint density at radius 3 is 2.50 bits per heavy atom. The van der Waals surface area contributed by atoms with Crippen LogP contribution in [0.2, 0.25) is 0 Å². The van der Waals surface area contributed by atoms with E-state index in [0.717, 1.165) is 18.1 Å². The molecule has 0 spiro atoms. The smallest absolute Gasteiger partial charge is 0.161 e. The van der Waals surface area contributed by atoms with E-state index in [1.165, 1.54) is 0 Å². The molecule has 1 aliphatic heterocycles. The summed E-state index contributed by atoms with van der Waals surface area (Å²) in [7, 11) is 0. The standard InChI is InChI=1S/C11H14O3/c1-2-12-10-5-3-4-6-11(10)14-8-9-7-13-9/h3-6,9H,2,7-8H2,1H3. The van der Waals surface area contributed by atoms with Gasteiger partial charge in [-0.25, -0.2) is 0 Å². The molecule has 76 valence electrons. The largest absolute Gasteiger partial charge is 0.490 e. The highest BCUT2D eigenvalue weighted by atomic mass is 16.6. The maximum atomic E-state index is 5.56. The Bertz CT molecular complexity index is 294. The lowest BCUT2D eigenvalue weighted by Gasteiger charge is -2.10. The Kier molecular flexibility index (Phi) is 2.89. The molecular weight excluding hydrogens is 180 g/mol. The van der Waals surface area contributed by atoms with Crippen molar-refractivity contribution in [2.45, 2.75) is 13.0 Å². The third kappa shape index (κ3) is 2.39. The van der Waals surface area contributed by atoms with Gasteiger partial charge >= 0.3 is 0 Å². The Hall–Kier alpha value is -1.22. The van der Waals surface area contributed by atoms with Gasteiger partial charge in [0.05, 0.1) is 13.2 Å². The van der Waals surface area contributed by atoms with Gasteiger partial charge in [0.15, 0.2) is 11.5 Å². The van der Waals surface area contributed by atoms with Crippen LogP contribution in [-0.4, -0.2) is 25.9 Å². The van der Waals surface area contributed by atoms with Gasteiger partial charge in [0, 0.05) is 0 Å². The van der Waals surface area contributed by atoms with Gasteiger partial charge in [-0.3, -0.25) is 0 Å². The van der Waals surface area contributed by atoms with E-state index < -0.39 is 0 Å². The van der Waals surface area contributed by atoms with E-state index >= 15 is 0 Å². The van der Waals surface area contributed by atoms with Crippen LogP contribution >= 0.6 is 0 Å². The van der Waals surface area contributed by atoms with Crippen molar-refractivity contribution in [1.82, 2.24) is 0 Å². The van der Waals surface area contributed by atoms with E-state index in [-0.39, 0.29) is 6.10 Å². The molecule has 1 heterocycles. The summed E-state index contributed by atoms with van der Waals surface area (Å²) in [6.07, 6.45) is 0.282. The Morgan fingerprint density at radius 2 is 1.93 bits per heavy atom. The lowest BCUT2D eigenvalue weighted by Crippen LogP contribution is -2.05. The molecule has 1 aromatic carbocycles. The molecule has 0 saturated carbocycles. The number of hydrogen-bond donors (Lipinski definition) is 0. The Morgan fingerprint density at radius 1 is 1.29 bits per heavy atom. The molecule has 0 radical (unpaired) electrons. The summed E-state index contributed by atoms with van der Waals surface area (Å²) in [4.78, 5) is 0. The minimum atomic E-state index is 0.282. The molecule has 3 heteroatoms. The fraction of sp³-hybridized carbons (Fsp3) is 0.455. The molecule has 1 aromatic rings. The highest BCUT2D eigenvalue weighted by Gasteiger charge is 2.23. The number of benzene rings is 1. The predicted octanol–water partition coefficient (Wildman–Crippen LogP) is 1.86. The van der Waals surface area contributed by atoms with Crippen molar-refractivity contribution in [2.75, 3.05) is 19.8 Å². The van der Waals surface area contributed by atoms with Gasteiger partial charge in [-0.05, 0) is 19.1 Å². The second kappa shape index (κ2) is 4.33. The number of epoxide rings is 1. The van der Waals surface area contributed by atoms with Crippen molar-refractivity contribution in [3.8, 4) is 11.5 Å². The van der Waals surface area contributed by atoms with Crippen LogP contribution in [0.25, 0.3) is 0 Å². The average Bonchev–Trinajstić information content (AvgIpc) is 3.01. The molecular formula is C11H14O3. The van der Waals surface area contributed by atoms with Crippen molar-refractivity contribution in [1.29, 1.82) is 0 Å². The monoisotopic (exact) mass is 194 g/mol. The fourth-order valence-corrected chi connectivity index (χ4v) is 1.19. The summed E-state index contributed by atoms with van der Waals surface area (Å²) in [5, 5.41) is 0. The van der Waals surface area contributed by atoms with E-state index in [2.05, 4.69) is 0 Å². The van der Waals surface area contributed by atoms with Gasteiger partial charge in [-0.15, -0.1) is 0 Å². The van der Waals surface area contributed by atoms with Crippen molar-refractivity contribution in [3.63, 3.8) is 0 Å². The second-order valence-electron chi connectivity index (χ2n) is 3.15. The van der Waals surface area contributed by atoms with E-state index in [0.29, 0.717) is 13.2 Å². The molecule has 1 atom stereocenters. The predicted molar refractivity (Wildman–Crippen MR) is 52.8 cm³/mol. The molecule has 1 aliphatic rings. The topological polar surface area (TPSA) is 31.0 Å². The van der Waals surface area contributed by atoms with Gasteiger partial charge in [0.1, 0.15) is 12.7 Å². The summed E-state index contributed by atoms with van der Waals surface area (Å²) in [5.41, 5.74) is 0. The third-order valence-electron chi connectivity index (χ3n) is 1.98. The summed E-state index contributed by atoms with van der Waals surface area (Å²) >= 11 is 0. The van der Waals surface area contributed by atoms with Gasteiger partial charge in [0.2, 0.25) is 0 Å². The zero-order valence-electron chi connectivity index (χ0n) is 8.23. The van der Waals surface area contributed by atoms with E-state index in [1.54, 1.807) is 0 Å². The van der Waals surface area contributed by atoms with Crippen LogP contribution in [-0.2, 0) is 4.74 Å². The summed E-state index contributed by atoms with van der Waals surface area (Å²) in [6, 6.07) is 7.69. The van der Waals surface area contributed by atoms with Crippen LogP contribution < -0.4 is 9.47 Å². The Labute approximate surface area is 83.6 Å². The van der Waals surface area contributed by atoms with Crippen LogP contribution in [0.3, 0.4) is 0 Å². The molecule has 14 heavy (non-hydrogen) atoms. The average molecular weight is 194 g/mol. The van der Waals surface area contributed by atoms with Gasteiger partial charge < -0.3 is 14.2 Å². The number of hydrogen-bond acceptors (Lipinski definition) is 3. The zero-order chi connectivity index (χ0) is 9.80. The third-order valence-corrected chi connectivity index (χ3v) is 1.98. The molecule has 0 N–H and O–H groups in total. The molecule has 3 nitrogen and oxygen atoms in total. The van der Waals surface area contributed by atoms with E-state index in [1.807, 2.05) is 31.2 Å². The second-order valence-corrected chi connectivity index (χ2v) is 3.15. The molecule has 0 aromatic heterocycles. The molecule has 1 unspecified atom stereocenters. The minimum absolute atomic E-state index is 0.282. The number of para-hydroxylation sites is 2. The van der Waals surface area contributed by atoms with E-state index in [9.17, 15) is 0 Å². The first kappa shape index (κ1) is 9.34. The van der Waals surface area contributed by atoms with Crippen molar-refractivity contribution in [3.05, 3.63) is 24.3 Å². The van der Waals surface area contributed by atoms with Gasteiger partial charge in [-0.1, -0.05) is 12.1 Å². The van der Waals surface area contributed by atoms with E-state index in [4.69, 9.17) is 14.2 Å². The van der Waals surface area contributed by atoms with Crippen LogP contribution in [0, 0.1) is 0 Å². The first-order valence-electron chi connectivity index (χ1n) is 4.86. The molecule has 0 aliphatic carbocycles. The molecule has 2 rings (SSSR count). The molecule has 0 amide bonds. The molecule has 1 saturated heterocycles. The number of rotatable bonds is 5. The van der Waals surface area contributed by atoms with Crippen molar-refractivity contribution >= 4 is 0 Å². The van der Waals surface area contributed by atoms with Gasteiger partial charge in [0.25, 0.3) is 0 Å². The summed E-state index contributed by atoms with van der Waals surface area (Å²) < 4.78 is 16.1. The zero-order valence-corrected chi connectivity index (χ0v) is 8.23. The normalized spacial score (nSPS) is 19.1. The summed E-state index contributed by atoms with van der Waals surface area (Å²) in [6.45, 7) is 4.04. The Balaban J connectivity index is 1.97.